The smallest absolute Gasteiger partial charge is 0.246 e. The number of aromatic nitrogens is 4. The third-order valence-electron chi connectivity index (χ3n) is 3.92. The minimum atomic E-state index is -0.389. The molecule has 0 radical (unpaired) electrons. The lowest BCUT2D eigenvalue weighted by Crippen LogP contribution is -2.19. The first-order valence-corrected chi connectivity index (χ1v) is 8.97. The van der Waals surface area contributed by atoms with Gasteiger partial charge in [0.05, 0.1) is 34.3 Å². The van der Waals surface area contributed by atoms with Gasteiger partial charge >= 0.3 is 0 Å². The monoisotopic (exact) mass is 439 g/mol. The average Bonchev–Trinajstić information content (AvgIpc) is 3.09. The summed E-state index contributed by atoms with van der Waals surface area (Å²) in [6.45, 7) is 3.86. The minimum Gasteiger partial charge on any atom is -0.321 e. The molecule has 0 aliphatic heterocycles. The summed E-state index contributed by atoms with van der Waals surface area (Å²) in [6.07, 6.45) is 3.32. The maximum absolute atomic E-state index is 14.0. The molecule has 2 heterocycles. The predicted octanol–water partition coefficient (Wildman–Crippen LogP) is 3.94. The lowest BCUT2D eigenvalue weighted by Gasteiger charge is -2.09. The Morgan fingerprint density at radius 3 is 2.81 bits per heavy atom. The molecule has 2 aromatic heterocycles. The molecule has 0 bridgehead atoms. The fourth-order valence-electron chi connectivity index (χ4n) is 2.62. The third kappa shape index (κ3) is 3.96. The van der Waals surface area contributed by atoms with Crippen LogP contribution in [0.4, 0.5) is 10.1 Å². The summed E-state index contributed by atoms with van der Waals surface area (Å²) in [5.74, 6) is -0.616. The molecule has 0 fully saturated rings. The standard InChI is InChI=1S/C17H16BrClFN5O/c1-10-17(22-16(26)9-24-7-12(18)6-21-24)11(2)25(23-10)8-13-14(19)4-3-5-15(13)20/h3-7H,8-9H2,1-2H3,(H,22,26). The fourth-order valence-corrected chi connectivity index (χ4v) is 3.17. The second-order valence-electron chi connectivity index (χ2n) is 5.81. The molecule has 0 saturated carbocycles. The largest absolute Gasteiger partial charge is 0.321 e. The number of carbonyl (C=O) groups excluding carboxylic acids is 1. The van der Waals surface area contributed by atoms with Gasteiger partial charge in [0.25, 0.3) is 0 Å². The summed E-state index contributed by atoms with van der Waals surface area (Å²) in [4.78, 5) is 12.3. The van der Waals surface area contributed by atoms with Crippen LogP contribution in [0.25, 0.3) is 0 Å². The highest BCUT2D eigenvalue weighted by molar-refractivity contribution is 9.10. The van der Waals surface area contributed by atoms with Gasteiger partial charge in [-0.25, -0.2) is 4.39 Å². The molecular formula is C17H16BrClFN5O. The summed E-state index contributed by atoms with van der Waals surface area (Å²) in [7, 11) is 0. The highest BCUT2D eigenvalue weighted by Crippen LogP contribution is 2.24. The number of hydrogen-bond acceptors (Lipinski definition) is 3. The number of halogens is 3. The number of hydrogen-bond donors (Lipinski definition) is 1. The highest BCUT2D eigenvalue weighted by Gasteiger charge is 2.17. The van der Waals surface area contributed by atoms with Gasteiger partial charge in [-0.2, -0.15) is 10.2 Å². The van der Waals surface area contributed by atoms with Crippen LogP contribution in [0, 0.1) is 19.7 Å². The molecule has 26 heavy (non-hydrogen) atoms. The number of rotatable bonds is 5. The lowest BCUT2D eigenvalue weighted by atomic mass is 10.2. The molecule has 9 heteroatoms. The van der Waals surface area contributed by atoms with E-state index in [0.29, 0.717) is 22.0 Å². The topological polar surface area (TPSA) is 64.7 Å². The van der Waals surface area contributed by atoms with Gasteiger partial charge in [0.1, 0.15) is 12.4 Å². The van der Waals surface area contributed by atoms with Crippen molar-refractivity contribution in [3.05, 3.63) is 62.9 Å². The second-order valence-corrected chi connectivity index (χ2v) is 7.13. The normalized spacial score (nSPS) is 11.0. The van der Waals surface area contributed by atoms with Crippen LogP contribution in [-0.2, 0) is 17.9 Å². The molecular weight excluding hydrogens is 425 g/mol. The SMILES string of the molecule is Cc1nn(Cc2c(F)cccc2Cl)c(C)c1NC(=O)Cn1cc(Br)cn1. The number of anilines is 1. The van der Waals surface area contributed by atoms with Gasteiger partial charge in [-0.15, -0.1) is 0 Å². The molecule has 3 rings (SSSR count). The van der Waals surface area contributed by atoms with Crippen LogP contribution in [0.3, 0.4) is 0 Å². The number of carbonyl (C=O) groups is 1. The van der Waals surface area contributed by atoms with E-state index in [0.717, 1.165) is 10.2 Å². The van der Waals surface area contributed by atoms with Gasteiger partial charge in [0.15, 0.2) is 0 Å². The summed E-state index contributed by atoms with van der Waals surface area (Å²) < 4.78 is 18.0. The number of nitrogens with zero attached hydrogens (tertiary/aromatic N) is 4. The van der Waals surface area contributed by atoms with Crippen molar-refractivity contribution in [1.29, 1.82) is 0 Å². The van der Waals surface area contributed by atoms with Crippen LogP contribution in [-0.4, -0.2) is 25.5 Å². The molecule has 1 amide bonds. The molecule has 1 aromatic carbocycles. The summed E-state index contributed by atoms with van der Waals surface area (Å²) in [6, 6.07) is 4.55. The maximum atomic E-state index is 14.0. The Morgan fingerprint density at radius 2 is 2.15 bits per heavy atom. The van der Waals surface area contributed by atoms with E-state index in [1.807, 2.05) is 6.92 Å². The predicted molar refractivity (Wildman–Crippen MR) is 101 cm³/mol. The fraction of sp³-hybridized carbons (Fsp3) is 0.235. The molecule has 1 N–H and O–H groups in total. The zero-order chi connectivity index (χ0) is 18.8. The Labute approximate surface area is 163 Å². The van der Waals surface area contributed by atoms with Gasteiger partial charge in [-0.1, -0.05) is 17.7 Å². The van der Waals surface area contributed by atoms with Crippen molar-refractivity contribution in [3.63, 3.8) is 0 Å². The summed E-state index contributed by atoms with van der Waals surface area (Å²) in [5, 5.41) is 11.6. The second kappa shape index (κ2) is 7.59. The van der Waals surface area contributed by atoms with Crippen molar-refractivity contribution in [2.24, 2.45) is 0 Å². The van der Waals surface area contributed by atoms with Crippen molar-refractivity contribution in [3.8, 4) is 0 Å². The molecule has 136 valence electrons. The first-order chi connectivity index (χ1) is 12.3. The van der Waals surface area contributed by atoms with E-state index in [2.05, 4.69) is 31.4 Å². The van der Waals surface area contributed by atoms with Crippen LogP contribution in [0.1, 0.15) is 17.0 Å². The van der Waals surface area contributed by atoms with Crippen molar-refractivity contribution < 1.29 is 9.18 Å². The molecule has 0 aliphatic rings. The Bertz CT molecular complexity index is 948. The molecule has 0 spiro atoms. The number of aryl methyl sites for hydroxylation is 1. The van der Waals surface area contributed by atoms with Crippen molar-refractivity contribution in [2.45, 2.75) is 26.9 Å². The van der Waals surface area contributed by atoms with E-state index in [1.54, 1.807) is 36.1 Å². The minimum absolute atomic E-state index is 0.0782. The van der Waals surface area contributed by atoms with Gasteiger partial charge in [-0.3, -0.25) is 14.2 Å². The number of benzene rings is 1. The van der Waals surface area contributed by atoms with Crippen molar-refractivity contribution in [1.82, 2.24) is 19.6 Å². The van der Waals surface area contributed by atoms with E-state index >= 15 is 0 Å². The number of nitrogens with one attached hydrogen (secondary N) is 1. The van der Waals surface area contributed by atoms with Crippen LogP contribution in [0.15, 0.2) is 35.1 Å². The first kappa shape index (κ1) is 18.6. The first-order valence-electron chi connectivity index (χ1n) is 7.80. The maximum Gasteiger partial charge on any atom is 0.246 e. The average molecular weight is 441 g/mol. The van der Waals surface area contributed by atoms with Crippen LogP contribution >= 0.6 is 27.5 Å². The van der Waals surface area contributed by atoms with E-state index < -0.39 is 0 Å². The van der Waals surface area contributed by atoms with Gasteiger partial charge in [0, 0.05) is 16.8 Å². The van der Waals surface area contributed by atoms with Crippen LogP contribution in [0.5, 0.6) is 0 Å². The Morgan fingerprint density at radius 1 is 1.38 bits per heavy atom. The zero-order valence-electron chi connectivity index (χ0n) is 14.1. The van der Waals surface area contributed by atoms with Gasteiger partial charge in [-0.05, 0) is 41.9 Å². The molecule has 0 atom stereocenters. The Balaban J connectivity index is 1.78. The molecule has 0 unspecified atom stereocenters. The summed E-state index contributed by atoms with van der Waals surface area (Å²) in [5.41, 5.74) is 2.33. The molecule has 3 aromatic rings. The van der Waals surface area contributed by atoms with E-state index in [4.69, 9.17) is 11.6 Å². The highest BCUT2D eigenvalue weighted by atomic mass is 79.9. The molecule has 6 nitrogen and oxygen atoms in total. The van der Waals surface area contributed by atoms with E-state index in [-0.39, 0.29) is 24.8 Å². The van der Waals surface area contributed by atoms with E-state index in [1.165, 1.54) is 10.7 Å². The quantitative estimate of drug-likeness (QED) is 0.653. The molecule has 0 aliphatic carbocycles. The third-order valence-corrected chi connectivity index (χ3v) is 4.69. The molecule has 0 saturated heterocycles. The Hall–Kier alpha value is -2.19. The van der Waals surface area contributed by atoms with Crippen LogP contribution in [0.2, 0.25) is 5.02 Å². The van der Waals surface area contributed by atoms with Gasteiger partial charge in [0.2, 0.25) is 5.91 Å². The zero-order valence-corrected chi connectivity index (χ0v) is 16.5. The summed E-state index contributed by atoms with van der Waals surface area (Å²) >= 11 is 9.38. The number of amides is 1. The van der Waals surface area contributed by atoms with Crippen molar-refractivity contribution in [2.75, 3.05) is 5.32 Å². The van der Waals surface area contributed by atoms with E-state index in [9.17, 15) is 9.18 Å². The lowest BCUT2D eigenvalue weighted by molar-refractivity contribution is -0.116. The Kier molecular flexibility index (Phi) is 5.43. The van der Waals surface area contributed by atoms with Crippen molar-refractivity contribution >= 4 is 39.1 Å². The van der Waals surface area contributed by atoms with Gasteiger partial charge < -0.3 is 5.32 Å². The van der Waals surface area contributed by atoms with Crippen LogP contribution < -0.4 is 5.32 Å².